The van der Waals surface area contributed by atoms with Crippen molar-refractivity contribution in [2.45, 2.75) is 97.1 Å². The second kappa shape index (κ2) is 19.2. The largest absolute Gasteiger partial charge is 0.504 e. The van der Waals surface area contributed by atoms with E-state index in [-0.39, 0.29) is 42.7 Å². The van der Waals surface area contributed by atoms with Crippen molar-refractivity contribution in [2.75, 3.05) is 31.7 Å². The third kappa shape index (κ3) is 10.4. The van der Waals surface area contributed by atoms with Gasteiger partial charge in [-0.1, -0.05) is 37.6 Å². The number of fused-ring (bicyclic) bond motifs is 3. The number of carbonyl (C=O) groups excluding carboxylic acids is 3. The molecule has 2 aliphatic rings. The summed E-state index contributed by atoms with van der Waals surface area (Å²) >= 11 is 0. The number of esters is 1. The Hall–Kier alpha value is -5.29. The van der Waals surface area contributed by atoms with Crippen LogP contribution in [0.1, 0.15) is 94.9 Å². The van der Waals surface area contributed by atoms with Crippen LogP contribution < -0.4 is 15.0 Å². The van der Waals surface area contributed by atoms with Gasteiger partial charge in [-0.2, -0.15) is 0 Å². The number of methoxy groups -OCH3 is 1. The molecule has 304 valence electrons. The van der Waals surface area contributed by atoms with Crippen molar-refractivity contribution in [3.05, 3.63) is 101 Å². The normalized spacial score (nSPS) is 20.9. The Morgan fingerprint density at radius 1 is 1.00 bits per heavy atom. The van der Waals surface area contributed by atoms with Crippen LogP contribution in [-0.4, -0.2) is 70.2 Å². The van der Waals surface area contributed by atoms with E-state index in [9.17, 15) is 24.6 Å². The maximum Gasteiger partial charge on any atom is 0.302 e. The molecule has 2 aromatic carbocycles. The zero-order valence-electron chi connectivity index (χ0n) is 33.8. The van der Waals surface area contributed by atoms with Crippen LogP contribution in [-0.2, 0) is 32.0 Å². The van der Waals surface area contributed by atoms with Crippen molar-refractivity contribution < 1.29 is 34.1 Å². The molecule has 0 unspecified atom stereocenters. The Morgan fingerprint density at radius 2 is 1.81 bits per heavy atom. The van der Waals surface area contributed by atoms with E-state index in [1.165, 1.54) is 30.7 Å². The second-order valence-electron chi connectivity index (χ2n) is 15.7. The van der Waals surface area contributed by atoms with Crippen LogP contribution in [0.25, 0.3) is 10.8 Å². The maximum absolute atomic E-state index is 14.2. The lowest BCUT2D eigenvalue weighted by Gasteiger charge is -2.32. The van der Waals surface area contributed by atoms with Gasteiger partial charge in [0.1, 0.15) is 23.5 Å². The Balaban J connectivity index is 1.50. The van der Waals surface area contributed by atoms with Gasteiger partial charge in [-0.15, -0.1) is 0 Å². The molecular formula is C46H58N4O7. The zero-order valence-corrected chi connectivity index (χ0v) is 33.8. The van der Waals surface area contributed by atoms with E-state index >= 15 is 0 Å². The minimum absolute atomic E-state index is 0.00351. The van der Waals surface area contributed by atoms with E-state index in [1.807, 2.05) is 29.0 Å². The number of carbonyl (C=O) groups is 3. The van der Waals surface area contributed by atoms with E-state index < -0.39 is 18.1 Å². The van der Waals surface area contributed by atoms with Crippen LogP contribution in [0.15, 0.2) is 84.7 Å². The van der Waals surface area contributed by atoms with E-state index in [1.54, 1.807) is 19.1 Å². The van der Waals surface area contributed by atoms with Crippen LogP contribution in [0.2, 0.25) is 0 Å². The highest BCUT2D eigenvalue weighted by atomic mass is 16.5. The summed E-state index contributed by atoms with van der Waals surface area (Å²) in [5, 5.41) is 26.0. The van der Waals surface area contributed by atoms with Crippen LogP contribution in [0, 0.1) is 11.8 Å². The fourth-order valence-corrected chi connectivity index (χ4v) is 8.49. The monoisotopic (exact) mass is 778 g/mol. The number of aliphatic hydroxyl groups excluding tert-OH is 1. The van der Waals surface area contributed by atoms with Gasteiger partial charge in [0.15, 0.2) is 11.5 Å². The number of ether oxygens (including phenoxy) is 2. The third-order valence-electron chi connectivity index (χ3n) is 11.6. The number of H-pyrrole nitrogens is 1. The number of nitrogens with zero attached hydrogens (tertiary/aromatic N) is 2. The van der Waals surface area contributed by atoms with Gasteiger partial charge in [-0.25, -0.2) is 0 Å². The molecule has 4 N–H and O–H groups in total. The summed E-state index contributed by atoms with van der Waals surface area (Å²) in [5.74, 6) is 1.32. The quantitative estimate of drug-likeness (QED) is 0.119. The molecule has 0 radical (unpaired) electrons. The van der Waals surface area contributed by atoms with Gasteiger partial charge < -0.3 is 39.5 Å². The first-order valence-electron chi connectivity index (χ1n) is 20.4. The van der Waals surface area contributed by atoms with Gasteiger partial charge >= 0.3 is 5.97 Å². The summed E-state index contributed by atoms with van der Waals surface area (Å²) in [4.78, 5) is 44.6. The van der Waals surface area contributed by atoms with Crippen molar-refractivity contribution in [3.8, 4) is 11.5 Å². The number of benzene rings is 2. The average molecular weight is 779 g/mol. The van der Waals surface area contributed by atoms with E-state index in [0.717, 1.165) is 59.9 Å². The van der Waals surface area contributed by atoms with E-state index in [2.05, 4.69) is 58.9 Å². The SMILES string of the molecule is CC[C@@H]1CC[C@@H](OC(C)=O)CC(=O)C[C@H](c2ccc(O)c(OC)c2)n2cc3cccc(c3c2)N(CCC(C)=O)C2=CC(=CCN2)[C@H](CCCO)Cc2c[nH]cc2C1. The predicted molar refractivity (Wildman–Crippen MR) is 222 cm³/mol. The molecule has 6 rings (SSSR count). The first-order chi connectivity index (χ1) is 27.6. The lowest BCUT2D eigenvalue weighted by Crippen LogP contribution is -2.36. The minimum atomic E-state index is -0.557. The van der Waals surface area contributed by atoms with Gasteiger partial charge in [-0.05, 0) is 104 Å². The van der Waals surface area contributed by atoms with Crippen molar-refractivity contribution in [1.29, 1.82) is 0 Å². The van der Waals surface area contributed by atoms with E-state index in [0.29, 0.717) is 44.0 Å². The number of dihydropyridines is 1. The number of rotatable bonds is 10. The topological polar surface area (TPSA) is 146 Å². The molecule has 0 saturated carbocycles. The molecule has 4 bridgehead atoms. The zero-order chi connectivity index (χ0) is 40.5. The fraction of sp³-hybridized carbons (Fsp3) is 0.457. The number of hydrogen-bond donors (Lipinski definition) is 4. The molecule has 4 atom stereocenters. The van der Waals surface area contributed by atoms with Gasteiger partial charge in [0.05, 0.1) is 18.8 Å². The molecule has 2 aromatic heterocycles. The summed E-state index contributed by atoms with van der Waals surface area (Å²) in [6.45, 7) is 6.39. The Morgan fingerprint density at radius 3 is 2.54 bits per heavy atom. The number of aliphatic hydroxyl groups is 1. The number of ketones is 2. The Bertz CT molecular complexity index is 2090. The van der Waals surface area contributed by atoms with Gasteiger partial charge in [0.25, 0.3) is 0 Å². The summed E-state index contributed by atoms with van der Waals surface area (Å²) < 4.78 is 13.3. The van der Waals surface area contributed by atoms with Crippen LogP contribution >= 0.6 is 0 Å². The molecule has 0 amide bonds. The fourth-order valence-electron chi connectivity index (χ4n) is 8.49. The number of phenols is 1. The molecule has 0 aliphatic carbocycles. The molecular weight excluding hydrogens is 721 g/mol. The highest BCUT2D eigenvalue weighted by molar-refractivity contribution is 5.95. The number of nitrogens with one attached hydrogen (secondary N) is 2. The van der Waals surface area contributed by atoms with Crippen molar-refractivity contribution in [3.63, 3.8) is 0 Å². The molecule has 0 saturated heterocycles. The Labute approximate surface area is 335 Å². The molecule has 0 spiro atoms. The van der Waals surface area contributed by atoms with Gasteiger partial charge in [-0.3, -0.25) is 14.4 Å². The van der Waals surface area contributed by atoms with E-state index in [4.69, 9.17) is 9.47 Å². The summed E-state index contributed by atoms with van der Waals surface area (Å²) in [7, 11) is 1.50. The molecule has 11 nitrogen and oxygen atoms in total. The number of aromatic hydroxyl groups is 1. The minimum Gasteiger partial charge on any atom is -0.504 e. The van der Waals surface area contributed by atoms with Crippen LogP contribution in [0.5, 0.6) is 11.5 Å². The van der Waals surface area contributed by atoms with Crippen LogP contribution in [0.3, 0.4) is 0 Å². The number of aromatic amines is 1. The summed E-state index contributed by atoms with van der Waals surface area (Å²) in [6.07, 6.45) is 18.2. The predicted octanol–water partition coefficient (Wildman–Crippen LogP) is 7.70. The number of hydrogen-bond acceptors (Lipinski definition) is 9. The first kappa shape index (κ1) is 41.3. The Kier molecular flexibility index (Phi) is 14.0. The van der Waals surface area contributed by atoms with Crippen molar-refractivity contribution >= 4 is 34.0 Å². The number of anilines is 1. The molecule has 0 fully saturated rings. The lowest BCUT2D eigenvalue weighted by molar-refractivity contribution is -0.148. The number of phenolic OH excluding ortho intramolecular Hbond substituents is 1. The standard InChI is InChI=1S/C46H58N4O7/c1-5-32-11-13-40(57-31(3)53)24-39(54)25-43(35-12-14-44(55)45(22-35)56-4)49-28-36-8-6-10-42(41(36)29-49)50(18-16-30(2)52)46-23-34(15-17-48-46)33(9-7-19-51)21-38-27-47-26-37(38)20-32/h6,8,10,12,14-15,22-23,26-29,32-33,40,43,47-48,51,55H,5,7,9,11,13,16-21,24-25H2,1-4H3/t32-,33-,40-,43-/m1/s1. The summed E-state index contributed by atoms with van der Waals surface area (Å²) in [5.41, 5.74) is 5.41. The highest BCUT2D eigenvalue weighted by Gasteiger charge is 2.27. The molecule has 2 aliphatic heterocycles. The molecule has 4 aromatic rings. The highest BCUT2D eigenvalue weighted by Crippen LogP contribution is 2.38. The van der Waals surface area contributed by atoms with Gasteiger partial charge in [0, 0.05) is 81.4 Å². The lowest BCUT2D eigenvalue weighted by atomic mass is 9.84. The number of allylic oxidation sites excluding steroid dienone is 2. The molecule has 11 heteroatoms. The average Bonchev–Trinajstić information content (AvgIpc) is 3.83. The first-order valence-corrected chi connectivity index (χ1v) is 20.4. The molecule has 4 heterocycles. The van der Waals surface area contributed by atoms with Crippen molar-refractivity contribution in [1.82, 2.24) is 14.9 Å². The smallest absolute Gasteiger partial charge is 0.302 e. The third-order valence-corrected chi connectivity index (χ3v) is 11.6. The van der Waals surface area contributed by atoms with Gasteiger partial charge in [0.2, 0.25) is 0 Å². The van der Waals surface area contributed by atoms with Crippen molar-refractivity contribution in [2.24, 2.45) is 11.8 Å². The van der Waals surface area contributed by atoms with Crippen LogP contribution in [0.4, 0.5) is 5.69 Å². The molecule has 57 heavy (non-hydrogen) atoms. The number of Topliss-reactive ketones (excluding diaryl/α,β-unsaturated/α-hetero) is 2. The second-order valence-corrected chi connectivity index (χ2v) is 15.7. The maximum atomic E-state index is 14.2. The summed E-state index contributed by atoms with van der Waals surface area (Å²) in [6, 6.07) is 10.8. The number of aromatic nitrogens is 2.